The normalized spacial score (nSPS) is 35.7. The van der Waals surface area contributed by atoms with Crippen molar-refractivity contribution >= 4 is 5.69 Å². The lowest BCUT2D eigenvalue weighted by Crippen LogP contribution is -2.61. The van der Waals surface area contributed by atoms with Crippen molar-refractivity contribution in [3.8, 4) is 5.75 Å². The molecule has 11 rings (SSSR count). The number of benzene rings is 3. The molecule has 9 atom stereocenters. The van der Waals surface area contributed by atoms with E-state index in [1.807, 2.05) is 0 Å². The van der Waals surface area contributed by atoms with Gasteiger partial charge in [-0.1, -0.05) is 103 Å². The van der Waals surface area contributed by atoms with Gasteiger partial charge in [-0.2, -0.15) is 0 Å². The molecule has 0 aromatic heterocycles. The van der Waals surface area contributed by atoms with Crippen molar-refractivity contribution < 1.29 is 9.47 Å². The predicted octanol–water partition coefficient (Wildman–Crippen LogP) is 11.5. The van der Waals surface area contributed by atoms with Crippen LogP contribution >= 0.6 is 0 Å². The summed E-state index contributed by atoms with van der Waals surface area (Å²) in [5, 5.41) is 0. The first-order valence-electron chi connectivity index (χ1n) is 20.6. The van der Waals surface area contributed by atoms with E-state index in [2.05, 4.69) is 120 Å². The Hall–Kier alpha value is -4.24. The van der Waals surface area contributed by atoms with Crippen molar-refractivity contribution in [3.63, 3.8) is 0 Å². The number of allylic oxidation sites excluding steroid dienone is 7. The third kappa shape index (κ3) is 4.63. The van der Waals surface area contributed by atoms with Gasteiger partial charge in [0.1, 0.15) is 23.7 Å². The predicted molar refractivity (Wildman–Crippen MR) is 209 cm³/mol. The van der Waals surface area contributed by atoms with E-state index in [1.165, 1.54) is 73.1 Å². The molecule has 3 fully saturated rings. The quantitative estimate of drug-likeness (QED) is 0.256. The Morgan fingerprint density at radius 2 is 1.54 bits per heavy atom. The Kier molecular flexibility index (Phi) is 7.48. The summed E-state index contributed by atoms with van der Waals surface area (Å²) >= 11 is 0. The molecule has 8 aliphatic rings. The van der Waals surface area contributed by atoms with E-state index in [1.54, 1.807) is 16.8 Å². The maximum absolute atomic E-state index is 7.25. The fourth-order valence-electron chi connectivity index (χ4n) is 12.7. The average molecular weight is 686 g/mol. The lowest BCUT2D eigenvalue weighted by molar-refractivity contribution is -0.0615. The highest BCUT2D eigenvalue weighted by molar-refractivity contribution is 5.61. The molecule has 1 spiro atoms. The van der Waals surface area contributed by atoms with Crippen molar-refractivity contribution in [1.29, 1.82) is 0 Å². The van der Waals surface area contributed by atoms with Gasteiger partial charge >= 0.3 is 0 Å². The van der Waals surface area contributed by atoms with E-state index in [9.17, 15) is 0 Å². The van der Waals surface area contributed by atoms with Crippen LogP contribution < -0.4 is 9.64 Å². The van der Waals surface area contributed by atoms with Gasteiger partial charge in [0.15, 0.2) is 0 Å². The zero-order chi connectivity index (χ0) is 34.2. The number of nitrogens with zero attached hydrogens (tertiary/aromatic N) is 1. The molecule has 9 unspecified atom stereocenters. The van der Waals surface area contributed by atoms with Crippen molar-refractivity contribution in [2.75, 3.05) is 4.90 Å². The largest absolute Gasteiger partial charge is 0.490 e. The van der Waals surface area contributed by atoms with Crippen molar-refractivity contribution in [2.45, 2.75) is 107 Å². The van der Waals surface area contributed by atoms with Crippen LogP contribution in [0, 0.1) is 23.7 Å². The van der Waals surface area contributed by atoms with Gasteiger partial charge in [-0.05, 0) is 112 Å². The molecule has 1 saturated heterocycles. The first-order valence-corrected chi connectivity index (χ1v) is 20.6. The van der Waals surface area contributed by atoms with Gasteiger partial charge < -0.3 is 14.4 Å². The van der Waals surface area contributed by atoms with E-state index in [4.69, 9.17) is 9.47 Å². The molecule has 0 radical (unpaired) electrons. The first kappa shape index (κ1) is 31.3. The Balaban J connectivity index is 1.01. The van der Waals surface area contributed by atoms with Crippen LogP contribution in [-0.2, 0) is 10.2 Å². The van der Waals surface area contributed by atoms with Crippen molar-refractivity contribution in [2.24, 2.45) is 23.7 Å². The summed E-state index contributed by atoms with van der Waals surface area (Å²) in [7, 11) is 0. The first-order chi connectivity index (χ1) is 25.8. The van der Waals surface area contributed by atoms with Gasteiger partial charge in [0.2, 0.25) is 0 Å². The van der Waals surface area contributed by atoms with Crippen molar-refractivity contribution in [1.82, 2.24) is 0 Å². The van der Waals surface area contributed by atoms with Crippen LogP contribution in [0.25, 0.3) is 0 Å². The zero-order valence-corrected chi connectivity index (χ0v) is 30.3. The summed E-state index contributed by atoms with van der Waals surface area (Å²) in [6, 6.07) is 32.3. The Morgan fingerprint density at radius 1 is 0.712 bits per heavy atom. The monoisotopic (exact) mass is 685 g/mol. The number of ether oxygens (including phenoxy) is 2. The molecular weight excluding hydrogens is 635 g/mol. The standard InChI is InChI=1S/C49H51NO2/c1-3-14-32(15-4-1)36-19-13-22-41-48(36)52-46-25-12-9-21-40(46)49(41)39-20-8-11-24-45(39)51-47-29-27-34(31-42(47)49)33-26-28-44-38(30-33)37-18-7-10-23-43(37)50(44)35-16-5-2-6-17-35/h1-7,9,12,14-18,20-21,24-25,31,33,36,38,41-42,44,47-48H,8,10-11,13,19,22-23,26-30H2. The highest BCUT2D eigenvalue weighted by Gasteiger charge is 2.63. The smallest absolute Gasteiger partial charge is 0.123 e. The number of rotatable bonds is 3. The second-order valence-electron chi connectivity index (χ2n) is 17.0. The second-order valence-corrected chi connectivity index (χ2v) is 17.0. The number of hydrogen-bond donors (Lipinski definition) is 0. The van der Waals surface area contributed by atoms with Gasteiger partial charge in [0, 0.05) is 57.6 Å². The summed E-state index contributed by atoms with van der Waals surface area (Å²) in [5.74, 6) is 4.61. The minimum Gasteiger partial charge on any atom is -0.490 e. The van der Waals surface area contributed by atoms with E-state index in [0.717, 1.165) is 37.9 Å². The third-order valence-electron chi connectivity index (χ3n) is 14.7. The second kappa shape index (κ2) is 12.4. The summed E-state index contributed by atoms with van der Waals surface area (Å²) in [4.78, 5) is 2.75. The maximum Gasteiger partial charge on any atom is 0.123 e. The molecule has 5 aliphatic carbocycles. The van der Waals surface area contributed by atoms with Crippen molar-refractivity contribution in [3.05, 3.63) is 155 Å². The molecule has 264 valence electrons. The van der Waals surface area contributed by atoms with Crippen LogP contribution in [0.2, 0.25) is 0 Å². The SMILES string of the molecule is C1=CC2=C(CC1)N(c1ccccc1)C1CCC(C3=CC4C(CC3)OC3=CCCC=C3C43c4ccccc4OC4C(c5ccccc5)CCCC43)CC21. The highest BCUT2D eigenvalue weighted by atomic mass is 16.5. The Labute approximate surface area is 309 Å². The number of hydrogen-bond acceptors (Lipinski definition) is 3. The van der Waals surface area contributed by atoms with Crippen LogP contribution in [0.3, 0.4) is 0 Å². The number of para-hydroxylation sites is 2. The zero-order valence-electron chi connectivity index (χ0n) is 30.3. The van der Waals surface area contributed by atoms with Gasteiger partial charge in [0.05, 0.1) is 0 Å². The average Bonchev–Trinajstić information content (AvgIpc) is 3.55. The van der Waals surface area contributed by atoms with Crippen LogP contribution in [0.5, 0.6) is 5.75 Å². The van der Waals surface area contributed by atoms with E-state index >= 15 is 0 Å². The summed E-state index contributed by atoms with van der Waals surface area (Å²) in [5.41, 5.74) is 10.5. The van der Waals surface area contributed by atoms with E-state index < -0.39 is 0 Å². The van der Waals surface area contributed by atoms with Gasteiger partial charge in [-0.25, -0.2) is 0 Å². The lowest BCUT2D eigenvalue weighted by atomic mass is 9.48. The molecule has 0 bridgehead atoms. The molecule has 3 aliphatic heterocycles. The lowest BCUT2D eigenvalue weighted by Gasteiger charge is -2.61. The topological polar surface area (TPSA) is 21.7 Å². The van der Waals surface area contributed by atoms with Crippen LogP contribution in [0.15, 0.2) is 143 Å². The summed E-state index contributed by atoms with van der Waals surface area (Å²) in [6.07, 6.45) is 27.3. The minimum absolute atomic E-state index is 0.147. The molecule has 2 saturated carbocycles. The molecule has 3 aromatic rings. The molecule has 0 amide bonds. The summed E-state index contributed by atoms with van der Waals surface area (Å²) < 4.78 is 14.4. The van der Waals surface area contributed by atoms with Gasteiger partial charge in [-0.3, -0.25) is 0 Å². The number of fused-ring (bicyclic) bond motifs is 10. The molecule has 3 heterocycles. The Morgan fingerprint density at radius 3 is 2.44 bits per heavy atom. The van der Waals surface area contributed by atoms with Crippen LogP contribution in [-0.4, -0.2) is 18.2 Å². The Bertz CT molecular complexity index is 2020. The molecule has 0 N–H and O–H groups in total. The van der Waals surface area contributed by atoms with Crippen LogP contribution in [0.1, 0.15) is 94.1 Å². The minimum atomic E-state index is -0.149. The fraction of sp³-hybridized carbons (Fsp3) is 0.429. The highest BCUT2D eigenvalue weighted by Crippen LogP contribution is 2.65. The van der Waals surface area contributed by atoms with E-state index in [-0.39, 0.29) is 17.6 Å². The third-order valence-corrected chi connectivity index (χ3v) is 14.7. The summed E-state index contributed by atoms with van der Waals surface area (Å²) in [6.45, 7) is 0. The fourth-order valence-corrected chi connectivity index (χ4v) is 12.7. The number of anilines is 1. The van der Waals surface area contributed by atoms with Gasteiger partial charge in [0.25, 0.3) is 0 Å². The molecular formula is C49H51NO2. The van der Waals surface area contributed by atoms with E-state index in [0.29, 0.717) is 35.6 Å². The van der Waals surface area contributed by atoms with Crippen LogP contribution in [0.4, 0.5) is 5.69 Å². The maximum atomic E-state index is 7.25. The molecule has 3 aromatic carbocycles. The van der Waals surface area contributed by atoms with Gasteiger partial charge in [-0.15, -0.1) is 0 Å². The molecule has 52 heavy (non-hydrogen) atoms. The molecule has 3 nitrogen and oxygen atoms in total. The molecule has 3 heteroatoms.